The van der Waals surface area contributed by atoms with E-state index in [0.717, 1.165) is 11.3 Å². The van der Waals surface area contributed by atoms with Gasteiger partial charge in [-0.15, -0.1) is 0 Å². The topological polar surface area (TPSA) is 30.2 Å². The monoisotopic (exact) mass is 234 g/mol. The maximum absolute atomic E-state index is 12.0. The van der Waals surface area contributed by atoms with Crippen LogP contribution in [0.2, 0.25) is 5.02 Å². The normalized spacial score (nSPS) is 10.4. The summed E-state index contributed by atoms with van der Waals surface area (Å²) in [7, 11) is 0. The van der Waals surface area contributed by atoms with Gasteiger partial charge < -0.3 is 4.42 Å². The van der Waals surface area contributed by atoms with E-state index in [-0.39, 0.29) is 5.78 Å². The molecule has 0 aliphatic heterocycles. The fourth-order valence-electron chi connectivity index (χ4n) is 1.57. The Labute approximate surface area is 98.8 Å². The van der Waals surface area contributed by atoms with E-state index in [1.165, 1.54) is 0 Å². The lowest BCUT2D eigenvalue weighted by molar-refractivity contribution is 0.101. The number of carbonyl (C=O) groups excluding carboxylic acids is 1. The van der Waals surface area contributed by atoms with Crippen molar-refractivity contribution in [1.82, 2.24) is 0 Å². The standard InChI is InChI=1S/C13H11ClO2/c1-8-5-10(7-11(14)6-8)13(15)12-4-3-9(2)16-12/h3-7H,1-2H3. The summed E-state index contributed by atoms with van der Waals surface area (Å²) >= 11 is 5.90. The molecule has 0 unspecified atom stereocenters. The quantitative estimate of drug-likeness (QED) is 0.741. The lowest BCUT2D eigenvalue weighted by Gasteiger charge is -2.01. The van der Waals surface area contributed by atoms with Crippen LogP contribution in [0.15, 0.2) is 34.7 Å². The molecule has 0 saturated heterocycles. The predicted molar refractivity (Wildman–Crippen MR) is 63.1 cm³/mol. The predicted octanol–water partition coefficient (Wildman–Crippen LogP) is 3.78. The van der Waals surface area contributed by atoms with Gasteiger partial charge in [0.1, 0.15) is 5.76 Å². The zero-order valence-corrected chi connectivity index (χ0v) is 9.84. The largest absolute Gasteiger partial charge is 0.458 e. The number of halogens is 1. The molecule has 2 rings (SSSR count). The van der Waals surface area contributed by atoms with E-state index in [9.17, 15) is 4.79 Å². The summed E-state index contributed by atoms with van der Waals surface area (Å²) in [5, 5.41) is 0.562. The van der Waals surface area contributed by atoms with E-state index in [1.54, 1.807) is 31.2 Å². The van der Waals surface area contributed by atoms with E-state index >= 15 is 0 Å². The summed E-state index contributed by atoms with van der Waals surface area (Å²) in [5.41, 5.74) is 1.51. The Bertz CT molecular complexity index is 520. The molecular formula is C13H11ClO2. The van der Waals surface area contributed by atoms with Crippen LogP contribution in [0.25, 0.3) is 0 Å². The maximum Gasteiger partial charge on any atom is 0.228 e. The average molecular weight is 235 g/mol. The van der Waals surface area contributed by atoms with E-state index in [1.807, 2.05) is 13.0 Å². The van der Waals surface area contributed by atoms with Gasteiger partial charge in [-0.2, -0.15) is 0 Å². The molecule has 0 N–H and O–H groups in total. The van der Waals surface area contributed by atoms with Gasteiger partial charge in [0.25, 0.3) is 0 Å². The van der Waals surface area contributed by atoms with Crippen molar-refractivity contribution < 1.29 is 9.21 Å². The minimum atomic E-state index is -0.140. The third kappa shape index (κ3) is 2.17. The molecule has 1 heterocycles. The van der Waals surface area contributed by atoms with Crippen molar-refractivity contribution in [2.75, 3.05) is 0 Å². The van der Waals surface area contributed by atoms with Gasteiger partial charge in [-0.25, -0.2) is 0 Å². The van der Waals surface area contributed by atoms with Gasteiger partial charge in [-0.05, 0) is 49.7 Å². The first-order valence-corrected chi connectivity index (χ1v) is 5.32. The highest BCUT2D eigenvalue weighted by Gasteiger charge is 2.13. The molecule has 2 aromatic rings. The number of furan rings is 1. The molecule has 0 bridgehead atoms. The Morgan fingerprint density at radius 2 is 1.94 bits per heavy atom. The molecule has 0 amide bonds. The number of ketones is 1. The molecule has 0 saturated carbocycles. The molecule has 82 valence electrons. The molecule has 1 aromatic carbocycles. The van der Waals surface area contributed by atoms with E-state index in [0.29, 0.717) is 16.3 Å². The first kappa shape index (κ1) is 11.0. The minimum absolute atomic E-state index is 0.140. The van der Waals surface area contributed by atoms with E-state index < -0.39 is 0 Å². The summed E-state index contributed by atoms with van der Waals surface area (Å²) in [6.45, 7) is 3.70. The number of benzene rings is 1. The van der Waals surface area contributed by atoms with E-state index in [2.05, 4.69) is 0 Å². The summed E-state index contributed by atoms with van der Waals surface area (Å²) in [6, 6.07) is 8.70. The van der Waals surface area contributed by atoms with Crippen LogP contribution in [0.1, 0.15) is 27.4 Å². The van der Waals surface area contributed by atoms with Crippen LogP contribution < -0.4 is 0 Å². The molecule has 0 fully saturated rings. The van der Waals surface area contributed by atoms with Crippen LogP contribution in [0.3, 0.4) is 0 Å². The second-order valence-corrected chi connectivity index (χ2v) is 4.19. The Balaban J connectivity index is 2.41. The first-order valence-electron chi connectivity index (χ1n) is 4.94. The van der Waals surface area contributed by atoms with Crippen molar-refractivity contribution in [3.8, 4) is 0 Å². The second-order valence-electron chi connectivity index (χ2n) is 3.76. The third-order valence-electron chi connectivity index (χ3n) is 2.27. The van der Waals surface area contributed by atoms with Crippen LogP contribution in [0.4, 0.5) is 0 Å². The minimum Gasteiger partial charge on any atom is -0.458 e. The summed E-state index contributed by atoms with van der Waals surface area (Å²) < 4.78 is 5.29. The van der Waals surface area contributed by atoms with Crippen molar-refractivity contribution in [2.45, 2.75) is 13.8 Å². The smallest absolute Gasteiger partial charge is 0.228 e. The number of rotatable bonds is 2. The summed E-state index contributed by atoms with van der Waals surface area (Å²) in [4.78, 5) is 12.0. The number of hydrogen-bond donors (Lipinski definition) is 0. The zero-order chi connectivity index (χ0) is 11.7. The van der Waals surface area contributed by atoms with Crippen molar-refractivity contribution in [2.24, 2.45) is 0 Å². The fraction of sp³-hybridized carbons (Fsp3) is 0.154. The number of carbonyl (C=O) groups is 1. The van der Waals surface area contributed by atoms with Crippen LogP contribution in [0.5, 0.6) is 0 Å². The lowest BCUT2D eigenvalue weighted by Crippen LogP contribution is -1.99. The van der Waals surface area contributed by atoms with Crippen molar-refractivity contribution in [1.29, 1.82) is 0 Å². The highest BCUT2D eigenvalue weighted by atomic mass is 35.5. The Kier molecular flexibility index (Phi) is 2.84. The molecule has 3 heteroatoms. The molecule has 2 nitrogen and oxygen atoms in total. The van der Waals surface area contributed by atoms with Gasteiger partial charge in [-0.3, -0.25) is 4.79 Å². The van der Waals surface area contributed by atoms with Gasteiger partial charge in [0, 0.05) is 10.6 Å². The van der Waals surface area contributed by atoms with Crippen molar-refractivity contribution in [3.05, 3.63) is 58.0 Å². The molecule has 16 heavy (non-hydrogen) atoms. The average Bonchev–Trinajstić information content (AvgIpc) is 2.62. The molecule has 0 atom stereocenters. The van der Waals surface area contributed by atoms with E-state index in [4.69, 9.17) is 16.0 Å². The van der Waals surface area contributed by atoms with Gasteiger partial charge in [0.05, 0.1) is 0 Å². The summed E-state index contributed by atoms with van der Waals surface area (Å²) in [6.07, 6.45) is 0. The highest BCUT2D eigenvalue weighted by molar-refractivity contribution is 6.31. The van der Waals surface area contributed by atoms with Gasteiger partial charge in [0.2, 0.25) is 5.78 Å². The fourth-order valence-corrected chi connectivity index (χ4v) is 1.86. The molecule has 0 radical (unpaired) electrons. The number of aryl methyl sites for hydroxylation is 2. The maximum atomic E-state index is 12.0. The van der Waals surface area contributed by atoms with Crippen LogP contribution in [0, 0.1) is 13.8 Å². The van der Waals surface area contributed by atoms with Crippen LogP contribution in [-0.4, -0.2) is 5.78 Å². The second kappa shape index (κ2) is 4.14. The molecule has 0 aliphatic rings. The Morgan fingerprint density at radius 3 is 2.50 bits per heavy atom. The SMILES string of the molecule is Cc1cc(Cl)cc(C(=O)c2ccc(C)o2)c1. The van der Waals surface area contributed by atoms with Crippen molar-refractivity contribution in [3.63, 3.8) is 0 Å². The summed E-state index contributed by atoms with van der Waals surface area (Å²) in [5.74, 6) is 0.931. The Morgan fingerprint density at radius 1 is 1.19 bits per heavy atom. The van der Waals surface area contributed by atoms with Crippen molar-refractivity contribution >= 4 is 17.4 Å². The molecule has 0 aliphatic carbocycles. The van der Waals surface area contributed by atoms with Gasteiger partial charge >= 0.3 is 0 Å². The van der Waals surface area contributed by atoms with Crippen LogP contribution in [-0.2, 0) is 0 Å². The number of hydrogen-bond acceptors (Lipinski definition) is 2. The third-order valence-corrected chi connectivity index (χ3v) is 2.49. The molecule has 0 spiro atoms. The van der Waals surface area contributed by atoms with Gasteiger partial charge in [-0.1, -0.05) is 11.6 Å². The van der Waals surface area contributed by atoms with Crippen LogP contribution >= 0.6 is 11.6 Å². The molecule has 1 aromatic heterocycles. The Hall–Kier alpha value is -1.54. The first-order chi connectivity index (χ1) is 7.56. The zero-order valence-electron chi connectivity index (χ0n) is 9.08. The highest BCUT2D eigenvalue weighted by Crippen LogP contribution is 2.18. The van der Waals surface area contributed by atoms with Gasteiger partial charge in [0.15, 0.2) is 5.76 Å². The lowest BCUT2D eigenvalue weighted by atomic mass is 10.1. The molecular weight excluding hydrogens is 224 g/mol.